The van der Waals surface area contributed by atoms with Gasteiger partial charge in [-0.3, -0.25) is 5.10 Å². The van der Waals surface area contributed by atoms with Gasteiger partial charge in [-0.15, -0.1) is 0 Å². The van der Waals surface area contributed by atoms with E-state index >= 15 is 0 Å². The van der Waals surface area contributed by atoms with Gasteiger partial charge in [-0.25, -0.2) is 9.78 Å². The Labute approximate surface area is 183 Å². The maximum atomic E-state index is 12.2. The van der Waals surface area contributed by atoms with Crippen molar-refractivity contribution in [3.63, 3.8) is 0 Å². The summed E-state index contributed by atoms with van der Waals surface area (Å²) >= 11 is 0. The average Bonchev–Trinajstić information content (AvgIpc) is 3.26. The Morgan fingerprint density at radius 2 is 1.62 bits per heavy atom. The molecule has 9 heteroatoms. The predicted octanol–water partition coefficient (Wildman–Crippen LogP) is 4.02. The van der Waals surface area contributed by atoms with Crippen molar-refractivity contribution in [2.75, 3.05) is 28.4 Å². The lowest BCUT2D eigenvalue weighted by Gasteiger charge is -2.15. The van der Waals surface area contributed by atoms with E-state index in [-0.39, 0.29) is 11.2 Å². The zero-order valence-corrected chi connectivity index (χ0v) is 17.9. The molecule has 0 spiro atoms. The summed E-state index contributed by atoms with van der Waals surface area (Å²) in [5.74, 6) is 0.827. The average molecular weight is 435 g/mol. The smallest absolute Gasteiger partial charge is 0.336 e. The molecule has 4 rings (SSSR count). The second-order valence-electron chi connectivity index (χ2n) is 6.77. The second kappa shape index (κ2) is 8.46. The summed E-state index contributed by atoms with van der Waals surface area (Å²) in [7, 11) is 6.09. The zero-order valence-electron chi connectivity index (χ0n) is 17.9. The molecule has 0 radical (unpaired) electrons. The molecule has 0 unspecified atom stereocenters. The third-order valence-corrected chi connectivity index (χ3v) is 5.11. The number of fused-ring (bicyclic) bond motifs is 1. The van der Waals surface area contributed by atoms with E-state index in [1.807, 2.05) is 12.1 Å². The number of nitrogens with one attached hydrogen (secondary N) is 1. The first kappa shape index (κ1) is 21.0. The van der Waals surface area contributed by atoms with Crippen LogP contribution in [0.3, 0.4) is 0 Å². The largest absolute Gasteiger partial charge is 0.497 e. The summed E-state index contributed by atoms with van der Waals surface area (Å²) in [5, 5.41) is 17.6. The minimum atomic E-state index is -1.10. The third-order valence-electron chi connectivity index (χ3n) is 5.11. The molecule has 2 aromatic heterocycles. The van der Waals surface area contributed by atoms with Crippen LogP contribution in [0, 0.1) is 0 Å². The number of rotatable bonds is 7. The van der Waals surface area contributed by atoms with E-state index in [1.165, 1.54) is 27.4 Å². The molecule has 2 aromatic carbocycles. The van der Waals surface area contributed by atoms with Gasteiger partial charge < -0.3 is 24.1 Å². The van der Waals surface area contributed by atoms with Gasteiger partial charge in [0, 0.05) is 11.1 Å². The normalized spacial score (nSPS) is 10.8. The molecule has 0 saturated heterocycles. The number of ether oxygens (including phenoxy) is 4. The Hall–Kier alpha value is -4.27. The molecule has 0 aliphatic rings. The van der Waals surface area contributed by atoms with Crippen molar-refractivity contribution in [3.8, 4) is 45.5 Å². The Kier molecular flexibility index (Phi) is 5.55. The van der Waals surface area contributed by atoms with Crippen molar-refractivity contribution < 1.29 is 28.8 Å². The van der Waals surface area contributed by atoms with Crippen molar-refractivity contribution in [1.82, 2.24) is 15.2 Å². The Balaban J connectivity index is 1.94. The Morgan fingerprint density at radius 1 is 0.906 bits per heavy atom. The fourth-order valence-corrected chi connectivity index (χ4v) is 3.60. The highest BCUT2D eigenvalue weighted by atomic mass is 16.5. The monoisotopic (exact) mass is 435 g/mol. The van der Waals surface area contributed by atoms with E-state index in [0.717, 1.165) is 5.56 Å². The minimum Gasteiger partial charge on any atom is -0.497 e. The molecule has 2 heterocycles. The molecular weight excluding hydrogens is 414 g/mol. The third kappa shape index (κ3) is 3.43. The predicted molar refractivity (Wildman–Crippen MR) is 118 cm³/mol. The van der Waals surface area contributed by atoms with Crippen LogP contribution in [0.15, 0.2) is 42.5 Å². The van der Waals surface area contributed by atoms with Gasteiger partial charge in [-0.2, -0.15) is 5.10 Å². The van der Waals surface area contributed by atoms with Gasteiger partial charge in [-0.05, 0) is 42.5 Å². The zero-order chi connectivity index (χ0) is 22.8. The van der Waals surface area contributed by atoms with Crippen LogP contribution in [0.1, 0.15) is 10.4 Å². The first-order valence-corrected chi connectivity index (χ1v) is 9.58. The number of aromatic carboxylic acids is 1. The molecule has 0 aliphatic carbocycles. The molecular formula is C23H21N3O6. The van der Waals surface area contributed by atoms with Crippen molar-refractivity contribution in [3.05, 3.63) is 48.0 Å². The summed E-state index contributed by atoms with van der Waals surface area (Å²) in [4.78, 5) is 16.8. The van der Waals surface area contributed by atoms with Crippen LogP contribution < -0.4 is 18.9 Å². The number of methoxy groups -OCH3 is 4. The van der Waals surface area contributed by atoms with Gasteiger partial charge in [0.2, 0.25) is 5.75 Å². The Bertz CT molecular complexity index is 1300. The van der Waals surface area contributed by atoms with Crippen LogP contribution in [0.5, 0.6) is 23.0 Å². The molecule has 2 N–H and O–H groups in total. The van der Waals surface area contributed by atoms with Crippen LogP contribution in [-0.2, 0) is 0 Å². The lowest BCUT2D eigenvalue weighted by atomic mass is 10.0. The number of carboxylic acids is 1. The Morgan fingerprint density at radius 3 is 2.22 bits per heavy atom. The van der Waals surface area contributed by atoms with E-state index in [9.17, 15) is 9.90 Å². The fraction of sp³-hybridized carbons (Fsp3) is 0.174. The van der Waals surface area contributed by atoms with Gasteiger partial charge in [0.05, 0.1) is 50.8 Å². The minimum absolute atomic E-state index is 0.0569. The van der Waals surface area contributed by atoms with Gasteiger partial charge in [-0.1, -0.05) is 0 Å². The molecule has 32 heavy (non-hydrogen) atoms. The van der Waals surface area contributed by atoms with E-state index in [0.29, 0.717) is 45.3 Å². The number of hydrogen-bond acceptors (Lipinski definition) is 7. The van der Waals surface area contributed by atoms with Crippen molar-refractivity contribution in [2.24, 2.45) is 0 Å². The summed E-state index contributed by atoms with van der Waals surface area (Å²) in [6, 6.07) is 12.2. The van der Waals surface area contributed by atoms with E-state index < -0.39 is 5.97 Å². The topological polar surface area (TPSA) is 116 Å². The molecule has 0 bridgehead atoms. The quantitative estimate of drug-likeness (QED) is 0.447. The second-order valence-corrected chi connectivity index (χ2v) is 6.77. The number of benzene rings is 2. The van der Waals surface area contributed by atoms with E-state index in [4.69, 9.17) is 18.9 Å². The highest BCUT2D eigenvalue weighted by Crippen LogP contribution is 2.44. The molecule has 0 atom stereocenters. The highest BCUT2D eigenvalue weighted by Gasteiger charge is 2.23. The van der Waals surface area contributed by atoms with Gasteiger partial charge in [0.1, 0.15) is 5.75 Å². The van der Waals surface area contributed by atoms with Crippen LogP contribution in [0.2, 0.25) is 0 Å². The molecule has 0 fully saturated rings. The number of aromatic nitrogens is 3. The van der Waals surface area contributed by atoms with Gasteiger partial charge in [0.25, 0.3) is 0 Å². The summed E-state index contributed by atoms with van der Waals surface area (Å²) in [6.07, 6.45) is 0. The van der Waals surface area contributed by atoms with Gasteiger partial charge in [0.15, 0.2) is 17.1 Å². The van der Waals surface area contributed by atoms with Crippen LogP contribution in [0.4, 0.5) is 0 Å². The highest BCUT2D eigenvalue weighted by molar-refractivity contribution is 6.08. The van der Waals surface area contributed by atoms with Crippen molar-refractivity contribution >= 4 is 17.0 Å². The van der Waals surface area contributed by atoms with Crippen LogP contribution in [0.25, 0.3) is 33.5 Å². The first-order chi connectivity index (χ1) is 15.5. The number of pyridine rings is 1. The maximum Gasteiger partial charge on any atom is 0.336 e. The molecule has 164 valence electrons. The summed E-state index contributed by atoms with van der Waals surface area (Å²) in [6.45, 7) is 0. The molecule has 0 saturated carbocycles. The molecule has 9 nitrogen and oxygen atoms in total. The van der Waals surface area contributed by atoms with Crippen molar-refractivity contribution in [1.29, 1.82) is 0 Å². The fourth-order valence-electron chi connectivity index (χ4n) is 3.60. The first-order valence-electron chi connectivity index (χ1n) is 9.58. The van der Waals surface area contributed by atoms with Crippen molar-refractivity contribution in [2.45, 2.75) is 0 Å². The van der Waals surface area contributed by atoms with Crippen LogP contribution >= 0.6 is 0 Å². The van der Waals surface area contributed by atoms with Crippen LogP contribution in [-0.4, -0.2) is 54.7 Å². The number of nitrogens with zero attached hydrogens (tertiary/aromatic N) is 2. The number of H-pyrrole nitrogens is 1. The molecule has 0 aliphatic heterocycles. The summed E-state index contributed by atoms with van der Waals surface area (Å²) < 4.78 is 21.5. The summed E-state index contributed by atoms with van der Waals surface area (Å²) in [5.41, 5.74) is 2.56. The van der Waals surface area contributed by atoms with Gasteiger partial charge >= 0.3 is 5.97 Å². The molecule has 0 amide bonds. The molecule has 4 aromatic rings. The number of aromatic amines is 1. The van der Waals surface area contributed by atoms with E-state index in [1.54, 1.807) is 31.4 Å². The standard InChI is InChI=1S/C23H21N3O6/c1-29-13-7-5-12(6-8-13)19-18-15(23(27)28)11-16(24-22(18)26-25-19)14-9-10-17(30-2)21(32-4)20(14)31-3/h5-11H,1-4H3,(H,27,28)(H,24,25,26). The number of carbonyl (C=O) groups is 1. The number of hydrogen-bond donors (Lipinski definition) is 2. The lowest BCUT2D eigenvalue weighted by molar-refractivity contribution is 0.0699. The SMILES string of the molecule is COc1ccc(-c2[nH]nc3nc(-c4ccc(OC)c(OC)c4OC)cc(C(=O)O)c23)cc1. The van der Waals surface area contributed by atoms with E-state index in [2.05, 4.69) is 15.2 Å². The number of carboxylic acid groups (broad SMARTS) is 1. The maximum absolute atomic E-state index is 12.2. The lowest BCUT2D eigenvalue weighted by Crippen LogP contribution is -2.02.